The molecule has 0 saturated carbocycles. The number of rotatable bonds is 4. The number of nitrogens with zero attached hydrogens (tertiary/aromatic N) is 4. The maximum absolute atomic E-state index is 14.6. The number of hydrogen-bond donors (Lipinski definition) is 1. The van der Waals surface area contributed by atoms with E-state index in [2.05, 4.69) is 16.0 Å². The van der Waals surface area contributed by atoms with Crippen LogP contribution in [0.4, 0.5) is 10.1 Å². The fraction of sp³-hybridized carbons (Fsp3) is 0.130. The third kappa shape index (κ3) is 3.09. The molecule has 3 heterocycles. The summed E-state index contributed by atoms with van der Waals surface area (Å²) >= 11 is 0. The maximum atomic E-state index is 14.6. The average Bonchev–Trinajstić information content (AvgIpc) is 3.17. The number of nitrogen functional groups attached to an aromatic ring is 1. The van der Waals surface area contributed by atoms with Crippen molar-refractivity contribution in [1.29, 1.82) is 5.26 Å². The minimum Gasteiger partial charge on any atom is -0.496 e. The molecule has 0 saturated heterocycles. The van der Waals surface area contributed by atoms with Crippen LogP contribution < -0.4 is 10.5 Å². The van der Waals surface area contributed by atoms with Crippen molar-refractivity contribution in [3.63, 3.8) is 0 Å². The van der Waals surface area contributed by atoms with Crippen molar-refractivity contribution in [3.8, 4) is 28.8 Å². The number of halogens is 1. The molecule has 32 heavy (non-hydrogen) atoms. The topological polar surface area (TPSA) is 116 Å². The van der Waals surface area contributed by atoms with Crippen LogP contribution in [0.25, 0.3) is 28.0 Å². The molecule has 4 aromatic rings. The Morgan fingerprint density at radius 1 is 1.25 bits per heavy atom. The van der Waals surface area contributed by atoms with Gasteiger partial charge in [-0.15, -0.1) is 0 Å². The third-order valence-electron chi connectivity index (χ3n) is 5.21. The van der Waals surface area contributed by atoms with Gasteiger partial charge in [-0.2, -0.15) is 5.26 Å². The summed E-state index contributed by atoms with van der Waals surface area (Å²) < 4.78 is 26.2. The average molecular weight is 431 g/mol. The number of methoxy groups -OCH3 is 2. The molecule has 160 valence electrons. The summed E-state index contributed by atoms with van der Waals surface area (Å²) in [5, 5.41) is 10.2. The highest BCUT2D eigenvalue weighted by Gasteiger charge is 2.27. The first-order valence-electron chi connectivity index (χ1n) is 9.50. The number of pyridine rings is 2. The molecule has 1 aromatic carbocycles. The molecule has 0 spiro atoms. The Kier molecular flexibility index (Phi) is 5.20. The van der Waals surface area contributed by atoms with Crippen molar-refractivity contribution in [2.45, 2.75) is 6.92 Å². The number of nitriles is 1. The van der Waals surface area contributed by atoms with Crippen LogP contribution in [-0.2, 0) is 4.74 Å². The number of aromatic nitrogens is 3. The van der Waals surface area contributed by atoms with Crippen LogP contribution in [0.15, 0.2) is 42.7 Å². The SMILES string of the molecule is COC(=O)c1nc2c(c(C#N)cn2-c2ncccc2F)c(-c2cccc(OC)c2C)c1N. The summed E-state index contributed by atoms with van der Waals surface area (Å²) in [5.74, 6) is -0.856. The molecule has 0 aliphatic rings. The third-order valence-corrected chi connectivity index (χ3v) is 5.21. The number of hydrogen-bond acceptors (Lipinski definition) is 7. The number of carbonyl (C=O) groups is 1. The lowest BCUT2D eigenvalue weighted by atomic mass is 9.94. The number of carbonyl (C=O) groups excluding carboxylic acids is 1. The second kappa shape index (κ2) is 8.00. The summed E-state index contributed by atoms with van der Waals surface area (Å²) in [6, 6.07) is 10.2. The van der Waals surface area contributed by atoms with E-state index >= 15 is 0 Å². The molecule has 0 radical (unpaired) electrons. The van der Waals surface area contributed by atoms with E-state index in [1.807, 2.05) is 6.92 Å². The molecule has 2 N–H and O–H groups in total. The predicted molar refractivity (Wildman–Crippen MR) is 116 cm³/mol. The van der Waals surface area contributed by atoms with E-state index in [4.69, 9.17) is 15.2 Å². The first kappa shape index (κ1) is 20.8. The molecule has 0 amide bonds. The van der Waals surface area contributed by atoms with Crippen LogP contribution in [0.2, 0.25) is 0 Å². The fourth-order valence-corrected chi connectivity index (χ4v) is 3.71. The molecular formula is C23H18FN5O3. The zero-order chi connectivity index (χ0) is 23.0. The first-order chi connectivity index (χ1) is 15.4. The zero-order valence-electron chi connectivity index (χ0n) is 17.5. The molecule has 4 rings (SSSR count). The number of ether oxygens (including phenoxy) is 2. The predicted octanol–water partition coefficient (Wildman–Crippen LogP) is 3.78. The van der Waals surface area contributed by atoms with Crippen LogP contribution in [-0.4, -0.2) is 34.7 Å². The van der Waals surface area contributed by atoms with E-state index < -0.39 is 11.8 Å². The minimum absolute atomic E-state index is 0.0384. The van der Waals surface area contributed by atoms with Crippen molar-refractivity contribution < 1.29 is 18.7 Å². The Balaban J connectivity index is 2.22. The van der Waals surface area contributed by atoms with Crippen molar-refractivity contribution >= 4 is 22.7 Å². The van der Waals surface area contributed by atoms with Gasteiger partial charge in [-0.3, -0.25) is 4.57 Å². The highest BCUT2D eigenvalue weighted by molar-refractivity contribution is 6.09. The quantitative estimate of drug-likeness (QED) is 0.489. The molecule has 8 nitrogen and oxygen atoms in total. The van der Waals surface area contributed by atoms with Crippen LogP contribution in [0, 0.1) is 24.1 Å². The standard InChI is InChI=1S/C23H18FN5O3/c1-12-14(6-4-8-16(12)31-2)18-17-13(10-25)11-29(21-15(24)7-5-9-27-21)22(17)28-20(19(18)26)23(30)32-3/h4-9,11H,26H2,1-3H3. The molecule has 0 bridgehead atoms. The lowest BCUT2D eigenvalue weighted by molar-refractivity contribution is 0.0596. The van der Waals surface area contributed by atoms with E-state index in [-0.39, 0.29) is 28.4 Å². The first-order valence-corrected chi connectivity index (χ1v) is 9.50. The largest absolute Gasteiger partial charge is 0.496 e. The smallest absolute Gasteiger partial charge is 0.358 e. The normalized spacial score (nSPS) is 10.7. The van der Waals surface area contributed by atoms with Gasteiger partial charge >= 0.3 is 5.97 Å². The van der Waals surface area contributed by atoms with E-state index in [1.54, 1.807) is 25.3 Å². The second-order valence-electron chi connectivity index (χ2n) is 6.91. The summed E-state index contributed by atoms with van der Waals surface area (Å²) in [6.07, 6.45) is 2.84. The minimum atomic E-state index is -0.765. The molecule has 0 fully saturated rings. The Hall–Kier alpha value is -4.45. The fourth-order valence-electron chi connectivity index (χ4n) is 3.71. The van der Waals surface area contributed by atoms with Crippen molar-refractivity contribution in [1.82, 2.24) is 14.5 Å². The molecule has 0 aliphatic carbocycles. The van der Waals surface area contributed by atoms with Gasteiger partial charge in [0, 0.05) is 23.3 Å². The monoisotopic (exact) mass is 431 g/mol. The number of nitrogens with two attached hydrogens (primary N) is 1. The molecule has 0 unspecified atom stereocenters. The summed E-state index contributed by atoms with van der Waals surface area (Å²) in [4.78, 5) is 21.0. The molecular weight excluding hydrogens is 413 g/mol. The van der Waals surface area contributed by atoms with E-state index in [9.17, 15) is 14.4 Å². The van der Waals surface area contributed by atoms with Gasteiger partial charge in [0.2, 0.25) is 0 Å². The van der Waals surface area contributed by atoms with Gasteiger partial charge in [-0.05, 0) is 36.2 Å². The number of anilines is 1. The van der Waals surface area contributed by atoms with Gasteiger partial charge in [-0.1, -0.05) is 12.1 Å². The van der Waals surface area contributed by atoms with E-state index in [0.29, 0.717) is 22.3 Å². The summed E-state index contributed by atoms with van der Waals surface area (Å²) in [7, 11) is 2.75. The lowest BCUT2D eigenvalue weighted by Gasteiger charge is -2.16. The van der Waals surface area contributed by atoms with Gasteiger partial charge in [0.05, 0.1) is 25.5 Å². The number of fused-ring (bicyclic) bond motifs is 1. The van der Waals surface area contributed by atoms with Crippen LogP contribution in [0.1, 0.15) is 21.6 Å². The van der Waals surface area contributed by atoms with Gasteiger partial charge < -0.3 is 15.2 Å². The summed E-state index contributed by atoms with van der Waals surface area (Å²) in [6.45, 7) is 1.83. The molecule has 0 atom stereocenters. The van der Waals surface area contributed by atoms with Gasteiger partial charge in [0.25, 0.3) is 0 Å². The van der Waals surface area contributed by atoms with Gasteiger partial charge in [0.15, 0.2) is 17.3 Å². The zero-order valence-corrected chi connectivity index (χ0v) is 17.5. The molecule has 3 aromatic heterocycles. The van der Waals surface area contributed by atoms with Crippen molar-refractivity contribution in [2.24, 2.45) is 0 Å². The Morgan fingerprint density at radius 2 is 2.03 bits per heavy atom. The van der Waals surface area contributed by atoms with Crippen molar-refractivity contribution in [3.05, 3.63) is 65.4 Å². The highest BCUT2D eigenvalue weighted by Crippen LogP contribution is 2.41. The Morgan fingerprint density at radius 3 is 2.69 bits per heavy atom. The van der Waals surface area contributed by atoms with Gasteiger partial charge in [0.1, 0.15) is 17.5 Å². The Bertz CT molecular complexity index is 1420. The second-order valence-corrected chi connectivity index (χ2v) is 6.91. The van der Waals surface area contributed by atoms with Gasteiger partial charge in [-0.25, -0.2) is 19.2 Å². The highest BCUT2D eigenvalue weighted by atomic mass is 19.1. The summed E-state index contributed by atoms with van der Waals surface area (Å²) in [5.41, 5.74) is 8.40. The van der Waals surface area contributed by atoms with Crippen LogP contribution >= 0.6 is 0 Å². The van der Waals surface area contributed by atoms with Crippen LogP contribution in [0.5, 0.6) is 5.75 Å². The van der Waals surface area contributed by atoms with Crippen LogP contribution in [0.3, 0.4) is 0 Å². The number of esters is 1. The molecule has 0 aliphatic heterocycles. The van der Waals surface area contributed by atoms with Crippen molar-refractivity contribution in [2.75, 3.05) is 20.0 Å². The molecule has 9 heteroatoms. The Labute approximate surface area is 182 Å². The van der Waals surface area contributed by atoms with E-state index in [1.165, 1.54) is 36.2 Å². The number of benzene rings is 1. The lowest BCUT2D eigenvalue weighted by Crippen LogP contribution is -2.12. The van der Waals surface area contributed by atoms with E-state index in [0.717, 1.165) is 5.56 Å². The maximum Gasteiger partial charge on any atom is 0.358 e.